The maximum Gasteiger partial charge on any atom is 0.326 e. The Hall–Kier alpha value is -2.11. The quantitative estimate of drug-likeness (QED) is 0.772. The van der Waals surface area contributed by atoms with Crippen LogP contribution in [0.15, 0.2) is 18.2 Å². The van der Waals surface area contributed by atoms with E-state index in [1.807, 2.05) is 0 Å². The summed E-state index contributed by atoms with van der Waals surface area (Å²) in [6.45, 7) is 0.353. The maximum atomic E-state index is 13.3. The molecule has 1 aromatic carbocycles. The number of carbonyl (C=O) groups excluding carboxylic acids is 1. The van der Waals surface area contributed by atoms with Gasteiger partial charge >= 0.3 is 5.97 Å². The fourth-order valence-electron chi connectivity index (χ4n) is 2.14. The molecule has 0 aromatic heterocycles. The lowest BCUT2D eigenvalue weighted by Gasteiger charge is -2.22. The van der Waals surface area contributed by atoms with E-state index < -0.39 is 23.7 Å². The van der Waals surface area contributed by atoms with Crippen molar-refractivity contribution in [2.75, 3.05) is 12.3 Å². The highest BCUT2D eigenvalue weighted by Gasteiger charge is 2.35. The zero-order valence-electron chi connectivity index (χ0n) is 9.60. The lowest BCUT2D eigenvalue weighted by Crippen LogP contribution is -2.40. The van der Waals surface area contributed by atoms with Crippen molar-refractivity contribution in [1.29, 1.82) is 0 Å². The SMILES string of the molecule is Nc1c(F)cccc1C(=O)N1CCC[C@@H]1C(=O)O. The van der Waals surface area contributed by atoms with Crippen LogP contribution in [0.4, 0.5) is 10.1 Å². The number of carbonyl (C=O) groups is 2. The number of aliphatic carboxylic acids is 1. The van der Waals surface area contributed by atoms with Gasteiger partial charge in [0.1, 0.15) is 11.9 Å². The molecule has 1 aliphatic heterocycles. The van der Waals surface area contributed by atoms with Crippen LogP contribution in [0.5, 0.6) is 0 Å². The van der Waals surface area contributed by atoms with E-state index in [1.54, 1.807) is 0 Å². The minimum Gasteiger partial charge on any atom is -0.480 e. The Labute approximate surface area is 103 Å². The van der Waals surface area contributed by atoms with Gasteiger partial charge in [0.05, 0.1) is 11.3 Å². The molecule has 1 aromatic rings. The summed E-state index contributed by atoms with van der Waals surface area (Å²) in [4.78, 5) is 24.4. The summed E-state index contributed by atoms with van der Waals surface area (Å²) >= 11 is 0. The molecule has 0 radical (unpaired) electrons. The molecule has 5 nitrogen and oxygen atoms in total. The van der Waals surface area contributed by atoms with Crippen LogP contribution in [0.1, 0.15) is 23.2 Å². The molecule has 18 heavy (non-hydrogen) atoms. The van der Waals surface area contributed by atoms with Crippen LogP contribution in [-0.4, -0.2) is 34.5 Å². The van der Waals surface area contributed by atoms with Crippen LogP contribution >= 0.6 is 0 Å². The van der Waals surface area contributed by atoms with Crippen molar-refractivity contribution in [3.8, 4) is 0 Å². The number of hydrogen-bond donors (Lipinski definition) is 2. The summed E-state index contributed by atoms with van der Waals surface area (Å²) in [5.74, 6) is -2.25. The number of benzene rings is 1. The molecule has 96 valence electrons. The summed E-state index contributed by atoms with van der Waals surface area (Å²) < 4.78 is 13.3. The Kier molecular flexibility index (Phi) is 3.18. The summed E-state index contributed by atoms with van der Waals surface area (Å²) in [6.07, 6.45) is 1.04. The fraction of sp³-hybridized carbons (Fsp3) is 0.333. The van der Waals surface area contributed by atoms with Gasteiger partial charge in [-0.3, -0.25) is 4.79 Å². The molecule has 0 aliphatic carbocycles. The normalized spacial score (nSPS) is 18.9. The Bertz CT molecular complexity index is 504. The first-order valence-corrected chi connectivity index (χ1v) is 5.60. The van der Waals surface area contributed by atoms with E-state index in [4.69, 9.17) is 10.8 Å². The highest BCUT2D eigenvalue weighted by Crippen LogP contribution is 2.24. The van der Waals surface area contributed by atoms with Gasteiger partial charge in [0.2, 0.25) is 0 Å². The highest BCUT2D eigenvalue weighted by atomic mass is 19.1. The summed E-state index contributed by atoms with van der Waals surface area (Å²) in [5.41, 5.74) is 5.28. The first kappa shape index (κ1) is 12.3. The average molecular weight is 252 g/mol. The molecule has 1 heterocycles. The van der Waals surface area contributed by atoms with Crippen LogP contribution in [-0.2, 0) is 4.79 Å². The Morgan fingerprint density at radius 1 is 1.44 bits per heavy atom. The van der Waals surface area contributed by atoms with Gasteiger partial charge < -0.3 is 15.7 Å². The third kappa shape index (κ3) is 2.01. The minimum absolute atomic E-state index is 0.0168. The zero-order chi connectivity index (χ0) is 13.3. The number of para-hydroxylation sites is 1. The molecule has 2 rings (SSSR count). The van der Waals surface area contributed by atoms with Gasteiger partial charge in [0, 0.05) is 6.54 Å². The van der Waals surface area contributed by atoms with Gasteiger partial charge in [-0.25, -0.2) is 9.18 Å². The monoisotopic (exact) mass is 252 g/mol. The first-order chi connectivity index (χ1) is 8.52. The molecule has 1 atom stereocenters. The van der Waals surface area contributed by atoms with E-state index in [-0.39, 0.29) is 11.3 Å². The first-order valence-electron chi connectivity index (χ1n) is 5.60. The summed E-state index contributed by atoms with van der Waals surface area (Å²) in [7, 11) is 0. The molecule has 0 unspecified atom stereocenters. The Balaban J connectivity index is 2.31. The largest absolute Gasteiger partial charge is 0.480 e. The molecule has 0 saturated carbocycles. The number of rotatable bonds is 2. The van der Waals surface area contributed by atoms with Crippen LogP contribution in [0.2, 0.25) is 0 Å². The second-order valence-electron chi connectivity index (χ2n) is 4.20. The summed E-state index contributed by atoms with van der Waals surface area (Å²) in [5, 5.41) is 9.00. The number of anilines is 1. The molecule has 1 fully saturated rings. The van der Waals surface area contributed by atoms with Crippen LogP contribution in [0, 0.1) is 5.82 Å². The number of halogens is 1. The van der Waals surface area contributed by atoms with Crippen molar-refractivity contribution >= 4 is 17.6 Å². The van der Waals surface area contributed by atoms with Crippen molar-refractivity contribution in [2.45, 2.75) is 18.9 Å². The van der Waals surface area contributed by atoms with E-state index in [1.165, 1.54) is 17.0 Å². The minimum atomic E-state index is -1.05. The zero-order valence-corrected chi connectivity index (χ0v) is 9.60. The second-order valence-corrected chi connectivity index (χ2v) is 4.20. The lowest BCUT2D eigenvalue weighted by molar-refractivity contribution is -0.141. The molecule has 0 bridgehead atoms. The lowest BCUT2D eigenvalue weighted by atomic mass is 10.1. The standard InChI is InChI=1S/C12H13FN2O3/c13-8-4-1-3-7(10(8)14)11(16)15-6-2-5-9(15)12(17)18/h1,3-4,9H,2,5-6,14H2,(H,17,18)/t9-/m1/s1. The van der Waals surface area contributed by atoms with Gasteiger partial charge in [-0.1, -0.05) is 6.07 Å². The summed E-state index contributed by atoms with van der Waals surface area (Å²) in [6, 6.07) is 3.09. The van der Waals surface area contributed by atoms with Crippen molar-refractivity contribution in [2.24, 2.45) is 0 Å². The van der Waals surface area contributed by atoms with E-state index >= 15 is 0 Å². The highest BCUT2D eigenvalue weighted by molar-refractivity contribution is 6.01. The third-order valence-electron chi connectivity index (χ3n) is 3.08. The molecular weight excluding hydrogens is 239 g/mol. The molecule has 0 spiro atoms. The van der Waals surface area contributed by atoms with Crippen LogP contribution in [0.3, 0.4) is 0 Å². The van der Waals surface area contributed by atoms with Crippen molar-refractivity contribution in [1.82, 2.24) is 4.90 Å². The van der Waals surface area contributed by atoms with E-state index in [2.05, 4.69) is 0 Å². The third-order valence-corrected chi connectivity index (χ3v) is 3.08. The smallest absolute Gasteiger partial charge is 0.326 e. The van der Waals surface area contributed by atoms with E-state index in [0.717, 1.165) is 6.07 Å². The Morgan fingerprint density at radius 2 is 2.17 bits per heavy atom. The van der Waals surface area contributed by atoms with E-state index in [9.17, 15) is 14.0 Å². The Morgan fingerprint density at radius 3 is 2.83 bits per heavy atom. The van der Waals surface area contributed by atoms with Crippen molar-refractivity contribution in [3.63, 3.8) is 0 Å². The van der Waals surface area contributed by atoms with Crippen LogP contribution in [0.25, 0.3) is 0 Å². The molecule has 1 saturated heterocycles. The number of carboxylic acid groups (broad SMARTS) is 1. The fourth-order valence-corrected chi connectivity index (χ4v) is 2.14. The predicted molar refractivity (Wildman–Crippen MR) is 62.5 cm³/mol. The van der Waals surface area contributed by atoms with Gasteiger partial charge in [0.15, 0.2) is 0 Å². The molecule has 1 amide bonds. The van der Waals surface area contributed by atoms with Crippen LogP contribution < -0.4 is 5.73 Å². The van der Waals surface area contributed by atoms with E-state index in [0.29, 0.717) is 19.4 Å². The number of carboxylic acids is 1. The molecule has 1 aliphatic rings. The number of nitrogens with zero attached hydrogens (tertiary/aromatic N) is 1. The number of hydrogen-bond acceptors (Lipinski definition) is 3. The number of likely N-dealkylation sites (tertiary alicyclic amines) is 1. The van der Waals surface area contributed by atoms with Crippen molar-refractivity contribution < 1.29 is 19.1 Å². The van der Waals surface area contributed by atoms with Gasteiger partial charge in [-0.15, -0.1) is 0 Å². The van der Waals surface area contributed by atoms with Gasteiger partial charge in [0.25, 0.3) is 5.91 Å². The molecule has 3 N–H and O–H groups in total. The van der Waals surface area contributed by atoms with Gasteiger partial charge in [-0.05, 0) is 25.0 Å². The predicted octanol–water partition coefficient (Wildman–Crippen LogP) is 1.10. The van der Waals surface area contributed by atoms with Gasteiger partial charge in [-0.2, -0.15) is 0 Å². The number of nitrogen functional groups attached to an aromatic ring is 1. The molecular formula is C12H13FN2O3. The maximum absolute atomic E-state index is 13.3. The second kappa shape index (κ2) is 4.64. The number of amides is 1. The number of nitrogens with two attached hydrogens (primary N) is 1. The van der Waals surface area contributed by atoms with Crippen molar-refractivity contribution in [3.05, 3.63) is 29.6 Å². The molecule has 6 heteroatoms. The topological polar surface area (TPSA) is 83.6 Å². The average Bonchev–Trinajstić information content (AvgIpc) is 2.81.